The molecule has 2 aromatic carbocycles. The minimum absolute atomic E-state index is 0.163. The molecule has 0 aliphatic heterocycles. The molecule has 9 heteroatoms. The average Bonchev–Trinajstić information content (AvgIpc) is 3.48. The fourth-order valence-electron chi connectivity index (χ4n) is 5.84. The highest BCUT2D eigenvalue weighted by molar-refractivity contribution is 6.39. The molecule has 0 bridgehead atoms. The summed E-state index contributed by atoms with van der Waals surface area (Å²) < 4.78 is 0. The van der Waals surface area contributed by atoms with Gasteiger partial charge < -0.3 is 10.3 Å². The normalized spacial score (nSPS) is 14.5. The van der Waals surface area contributed by atoms with E-state index in [1.54, 1.807) is 0 Å². The molecule has 0 spiro atoms. The van der Waals surface area contributed by atoms with Gasteiger partial charge in [-0.2, -0.15) is 0 Å². The summed E-state index contributed by atoms with van der Waals surface area (Å²) in [6.45, 7) is 3.80. The second kappa shape index (κ2) is 13.1. The first kappa shape index (κ1) is 29.1. The molecular weight excluding hydrogens is 579 g/mol. The summed E-state index contributed by atoms with van der Waals surface area (Å²) in [4.78, 5) is 32.4. The summed E-state index contributed by atoms with van der Waals surface area (Å²) in [5, 5.41) is 3.39. The van der Waals surface area contributed by atoms with Crippen LogP contribution in [0.25, 0.3) is 11.3 Å². The summed E-state index contributed by atoms with van der Waals surface area (Å²) in [6, 6.07) is 21.0. The number of pyridine rings is 2. The van der Waals surface area contributed by atoms with Crippen molar-refractivity contribution in [2.75, 3.05) is 0 Å². The third-order valence-corrected chi connectivity index (χ3v) is 8.51. The lowest BCUT2D eigenvalue weighted by Crippen LogP contribution is -2.32. The first-order valence-electron chi connectivity index (χ1n) is 14.4. The van der Waals surface area contributed by atoms with Crippen molar-refractivity contribution in [3.8, 4) is 11.3 Å². The van der Waals surface area contributed by atoms with Crippen LogP contribution in [0.15, 0.2) is 85.5 Å². The molecule has 218 valence electrons. The van der Waals surface area contributed by atoms with Gasteiger partial charge in [-0.15, -0.1) is 0 Å². The first-order chi connectivity index (χ1) is 21.0. The van der Waals surface area contributed by atoms with E-state index in [4.69, 9.17) is 33.2 Å². The number of aryl methyl sites for hydroxylation is 2. The lowest BCUT2D eigenvalue weighted by Gasteiger charge is -2.34. The highest BCUT2D eigenvalue weighted by atomic mass is 35.5. The number of imidazole rings is 1. The summed E-state index contributed by atoms with van der Waals surface area (Å²) in [5.41, 5.74) is 8.19. The number of benzene rings is 2. The summed E-state index contributed by atoms with van der Waals surface area (Å²) in [5.74, 6) is 0.576. The van der Waals surface area contributed by atoms with E-state index in [0.29, 0.717) is 19.6 Å². The van der Waals surface area contributed by atoms with Crippen molar-refractivity contribution < 1.29 is 4.79 Å². The maximum atomic E-state index is 12.8. The summed E-state index contributed by atoms with van der Waals surface area (Å²) in [6.07, 6.45) is 9.83. The van der Waals surface area contributed by atoms with Crippen LogP contribution in [-0.4, -0.2) is 30.7 Å². The van der Waals surface area contributed by atoms with E-state index in [9.17, 15) is 4.79 Å². The second-order valence-corrected chi connectivity index (χ2v) is 11.7. The highest BCUT2D eigenvalue weighted by Gasteiger charge is 2.28. The third kappa shape index (κ3) is 6.64. The van der Waals surface area contributed by atoms with Gasteiger partial charge in [0.25, 0.3) is 5.91 Å². The van der Waals surface area contributed by atoms with Gasteiger partial charge in [0.2, 0.25) is 0 Å². The number of hydrogen-bond acceptors (Lipinski definition) is 5. The number of halogens is 2. The zero-order valence-electron chi connectivity index (χ0n) is 23.9. The van der Waals surface area contributed by atoms with Gasteiger partial charge in [0, 0.05) is 37.2 Å². The molecule has 1 aliphatic rings. The molecule has 1 unspecified atom stereocenters. The van der Waals surface area contributed by atoms with E-state index in [-0.39, 0.29) is 27.6 Å². The molecule has 0 radical (unpaired) electrons. The Hall–Kier alpha value is -4.04. The lowest BCUT2D eigenvalue weighted by molar-refractivity contribution is 0.0951. The zero-order valence-corrected chi connectivity index (χ0v) is 25.4. The van der Waals surface area contributed by atoms with E-state index >= 15 is 0 Å². The number of nitrogens with one attached hydrogen (secondary N) is 2. The smallest absolute Gasteiger partial charge is 0.254 e. The number of aromatic amines is 1. The number of nitrogens with zero attached hydrogens (tertiary/aromatic N) is 4. The summed E-state index contributed by atoms with van der Waals surface area (Å²) >= 11 is 12.4. The van der Waals surface area contributed by atoms with Crippen molar-refractivity contribution in [3.63, 3.8) is 0 Å². The van der Waals surface area contributed by atoms with Crippen LogP contribution in [0.2, 0.25) is 10.0 Å². The van der Waals surface area contributed by atoms with Crippen LogP contribution < -0.4 is 5.32 Å². The molecule has 43 heavy (non-hydrogen) atoms. The minimum Gasteiger partial charge on any atom is -0.348 e. The van der Waals surface area contributed by atoms with Crippen LogP contribution in [-0.2, 0) is 26.1 Å². The zero-order chi connectivity index (χ0) is 29.8. The van der Waals surface area contributed by atoms with Crippen LogP contribution in [0.4, 0.5) is 0 Å². The van der Waals surface area contributed by atoms with E-state index in [1.165, 1.54) is 23.5 Å². The molecule has 1 atom stereocenters. The number of hydrogen-bond donors (Lipinski definition) is 2. The Balaban J connectivity index is 1.24. The molecule has 3 heterocycles. The van der Waals surface area contributed by atoms with Crippen LogP contribution >= 0.6 is 23.2 Å². The monoisotopic (exact) mass is 610 g/mol. The lowest BCUT2D eigenvalue weighted by atomic mass is 9.90. The Morgan fingerprint density at radius 3 is 2.63 bits per heavy atom. The average molecular weight is 612 g/mol. The molecule has 1 amide bonds. The van der Waals surface area contributed by atoms with Gasteiger partial charge in [0.1, 0.15) is 5.82 Å². The van der Waals surface area contributed by atoms with Gasteiger partial charge >= 0.3 is 0 Å². The highest BCUT2D eigenvalue weighted by Crippen LogP contribution is 2.35. The van der Waals surface area contributed by atoms with Crippen molar-refractivity contribution in [2.45, 2.75) is 51.9 Å². The number of carbonyl (C=O) groups is 1. The standard InChI is InChI=1S/C34H32Cl2N6O/c1-22-7-2-3-12-26(22)29-19-39-31(41-29)21-42(30-13-5-10-25-11-6-14-38-33(25)30)20-24-9-4-8-23(15-24)16-40-34(43)32-27(35)17-37-18-28(32)36/h2-4,6-9,11-12,14-15,17-19,30H,5,10,13,16,20-21H2,1H3,(H,39,41)(H,40,43). The quantitative estimate of drug-likeness (QED) is 0.180. The number of carbonyl (C=O) groups excluding carboxylic acids is 1. The van der Waals surface area contributed by atoms with Gasteiger partial charge in [0.15, 0.2) is 0 Å². The van der Waals surface area contributed by atoms with Crippen molar-refractivity contribution in [3.05, 3.63) is 135 Å². The maximum absolute atomic E-state index is 12.8. The molecule has 1 aliphatic carbocycles. The number of H-pyrrole nitrogens is 1. The molecule has 2 N–H and O–H groups in total. The number of amides is 1. The number of fused-ring (bicyclic) bond motifs is 1. The molecule has 6 rings (SSSR count). The number of rotatable bonds is 9. The van der Waals surface area contributed by atoms with Gasteiger partial charge in [0.05, 0.1) is 45.8 Å². The van der Waals surface area contributed by atoms with E-state index < -0.39 is 0 Å². The van der Waals surface area contributed by atoms with Crippen molar-refractivity contribution in [1.82, 2.24) is 30.2 Å². The van der Waals surface area contributed by atoms with E-state index in [0.717, 1.165) is 53.2 Å². The molecule has 0 saturated heterocycles. The first-order valence-corrected chi connectivity index (χ1v) is 15.1. The van der Waals surface area contributed by atoms with E-state index in [2.05, 4.69) is 63.5 Å². The van der Waals surface area contributed by atoms with Crippen molar-refractivity contribution in [1.29, 1.82) is 0 Å². The van der Waals surface area contributed by atoms with Gasteiger partial charge in [-0.05, 0) is 54.5 Å². The van der Waals surface area contributed by atoms with Gasteiger partial charge in [-0.25, -0.2) is 4.98 Å². The topological polar surface area (TPSA) is 86.8 Å². The summed E-state index contributed by atoms with van der Waals surface area (Å²) in [7, 11) is 0. The molecule has 7 nitrogen and oxygen atoms in total. The number of aromatic nitrogens is 4. The molecule has 3 aromatic heterocycles. The van der Waals surface area contributed by atoms with Crippen molar-refractivity contribution >= 4 is 29.1 Å². The predicted molar refractivity (Wildman–Crippen MR) is 170 cm³/mol. The Labute approximate surface area is 261 Å². The van der Waals surface area contributed by atoms with E-state index in [1.807, 2.05) is 36.7 Å². The van der Waals surface area contributed by atoms with Crippen LogP contribution in [0.5, 0.6) is 0 Å². The molecule has 0 fully saturated rings. The molecule has 5 aromatic rings. The molecular formula is C34H32Cl2N6O. The second-order valence-electron chi connectivity index (χ2n) is 10.9. The van der Waals surface area contributed by atoms with Crippen LogP contribution in [0.3, 0.4) is 0 Å². The largest absolute Gasteiger partial charge is 0.348 e. The maximum Gasteiger partial charge on any atom is 0.254 e. The third-order valence-electron chi connectivity index (χ3n) is 7.93. The SMILES string of the molecule is Cc1ccccc1-c1cnc(CN(Cc2cccc(CNC(=O)c3c(Cl)cncc3Cl)c2)C2CCCc3cccnc32)[nH]1. The van der Waals surface area contributed by atoms with Crippen LogP contribution in [0.1, 0.15) is 63.0 Å². The fraction of sp³-hybridized carbons (Fsp3) is 0.235. The Kier molecular flexibility index (Phi) is 8.84. The Morgan fingerprint density at radius 2 is 1.79 bits per heavy atom. The minimum atomic E-state index is -0.336. The van der Waals surface area contributed by atoms with Crippen LogP contribution in [0, 0.1) is 6.92 Å². The van der Waals surface area contributed by atoms with Gasteiger partial charge in [-0.3, -0.25) is 19.7 Å². The van der Waals surface area contributed by atoms with Crippen molar-refractivity contribution in [2.24, 2.45) is 0 Å². The Morgan fingerprint density at radius 1 is 0.977 bits per heavy atom. The van der Waals surface area contributed by atoms with Gasteiger partial charge in [-0.1, -0.05) is 77.8 Å². The predicted octanol–water partition coefficient (Wildman–Crippen LogP) is 7.49. The fourth-order valence-corrected chi connectivity index (χ4v) is 6.37. The molecule has 0 saturated carbocycles. The Bertz CT molecular complexity index is 1730.